The van der Waals surface area contributed by atoms with Gasteiger partial charge in [0, 0.05) is 19.6 Å². The van der Waals surface area contributed by atoms with Crippen molar-refractivity contribution in [2.75, 3.05) is 19.7 Å². The average Bonchev–Trinajstić information content (AvgIpc) is 2.66. The van der Waals surface area contributed by atoms with Crippen LogP contribution in [0.5, 0.6) is 5.75 Å². The number of rotatable bonds is 4. The van der Waals surface area contributed by atoms with Gasteiger partial charge in [-0.3, -0.25) is 0 Å². The normalized spacial score (nSPS) is 15.1. The summed E-state index contributed by atoms with van der Waals surface area (Å²) >= 11 is 0. The maximum absolute atomic E-state index is 11.4. The van der Waals surface area contributed by atoms with Crippen molar-refractivity contribution in [1.82, 2.24) is 10.2 Å². The minimum Gasteiger partial charge on any atom is -0.494 e. The second kappa shape index (κ2) is 4.88. The fraction of sp³-hybridized carbons (Fsp3) is 0.417. The predicted molar refractivity (Wildman–Crippen MR) is 61.4 cm³/mol. The largest absolute Gasteiger partial charge is 0.494 e. The molecule has 4 heteroatoms. The van der Waals surface area contributed by atoms with Gasteiger partial charge in [-0.1, -0.05) is 12.1 Å². The summed E-state index contributed by atoms with van der Waals surface area (Å²) in [6, 6.07) is 7.89. The van der Waals surface area contributed by atoms with E-state index in [1.807, 2.05) is 31.2 Å². The quantitative estimate of drug-likeness (QED) is 0.837. The molecule has 1 saturated heterocycles. The summed E-state index contributed by atoms with van der Waals surface area (Å²) in [5.74, 6) is 0.861. The fourth-order valence-electron chi connectivity index (χ4n) is 1.78. The summed E-state index contributed by atoms with van der Waals surface area (Å²) in [4.78, 5) is 13.2. The molecule has 2 rings (SSSR count). The third-order valence-corrected chi connectivity index (χ3v) is 2.53. The molecule has 0 aliphatic carbocycles. The summed E-state index contributed by atoms with van der Waals surface area (Å²) in [6.45, 7) is 4.78. The molecule has 0 unspecified atom stereocenters. The Morgan fingerprint density at radius 2 is 2.38 bits per heavy atom. The van der Waals surface area contributed by atoms with Crippen molar-refractivity contribution in [3.05, 3.63) is 29.8 Å². The summed E-state index contributed by atoms with van der Waals surface area (Å²) < 4.78 is 5.42. The maximum Gasteiger partial charge on any atom is 0.317 e. The van der Waals surface area contributed by atoms with E-state index in [0.29, 0.717) is 13.2 Å². The molecule has 0 atom stereocenters. The molecule has 0 spiro atoms. The predicted octanol–water partition coefficient (Wildman–Crippen LogP) is 1.61. The highest BCUT2D eigenvalue weighted by Crippen LogP contribution is 2.15. The van der Waals surface area contributed by atoms with Crippen LogP contribution >= 0.6 is 0 Å². The van der Waals surface area contributed by atoms with Gasteiger partial charge in [0.05, 0.1) is 6.61 Å². The van der Waals surface area contributed by atoms with Crippen LogP contribution in [-0.4, -0.2) is 30.6 Å². The van der Waals surface area contributed by atoms with Gasteiger partial charge < -0.3 is 15.0 Å². The van der Waals surface area contributed by atoms with Crippen LogP contribution in [0.25, 0.3) is 0 Å². The number of nitrogens with one attached hydrogen (secondary N) is 1. The Kier molecular flexibility index (Phi) is 3.29. The highest BCUT2D eigenvalue weighted by atomic mass is 16.5. The van der Waals surface area contributed by atoms with Crippen LogP contribution in [0.4, 0.5) is 4.79 Å². The molecule has 2 amide bonds. The third-order valence-electron chi connectivity index (χ3n) is 2.53. The summed E-state index contributed by atoms with van der Waals surface area (Å²) in [5, 5.41) is 2.79. The number of hydrogen-bond acceptors (Lipinski definition) is 2. The Bertz CT molecular complexity index is 379. The highest BCUT2D eigenvalue weighted by Gasteiger charge is 2.19. The van der Waals surface area contributed by atoms with Gasteiger partial charge in [-0.2, -0.15) is 0 Å². The van der Waals surface area contributed by atoms with Crippen LogP contribution in [0.2, 0.25) is 0 Å². The number of carbonyl (C=O) groups is 1. The Hall–Kier alpha value is -1.71. The zero-order chi connectivity index (χ0) is 11.4. The molecular formula is C12H16N2O2. The smallest absolute Gasteiger partial charge is 0.317 e. The van der Waals surface area contributed by atoms with Crippen molar-refractivity contribution in [3.8, 4) is 5.75 Å². The molecule has 1 aliphatic heterocycles. The van der Waals surface area contributed by atoms with E-state index in [2.05, 4.69) is 5.32 Å². The Morgan fingerprint density at radius 3 is 3.06 bits per heavy atom. The van der Waals surface area contributed by atoms with Crippen LogP contribution in [0.1, 0.15) is 12.5 Å². The first-order valence-electron chi connectivity index (χ1n) is 5.54. The molecule has 1 aromatic rings. The molecule has 0 saturated carbocycles. The van der Waals surface area contributed by atoms with Gasteiger partial charge in [0.1, 0.15) is 5.75 Å². The van der Waals surface area contributed by atoms with Gasteiger partial charge in [-0.15, -0.1) is 0 Å². The SMILES string of the molecule is CCOc1cccc(CN2CCNC2=O)c1. The van der Waals surface area contributed by atoms with Gasteiger partial charge in [0.25, 0.3) is 0 Å². The number of hydrogen-bond donors (Lipinski definition) is 1. The van der Waals surface area contributed by atoms with E-state index in [4.69, 9.17) is 4.74 Å². The van der Waals surface area contributed by atoms with Crippen LogP contribution in [0.15, 0.2) is 24.3 Å². The van der Waals surface area contributed by atoms with Crippen molar-refractivity contribution in [2.24, 2.45) is 0 Å². The standard InChI is InChI=1S/C12H16N2O2/c1-2-16-11-5-3-4-10(8-11)9-14-7-6-13-12(14)15/h3-5,8H,2,6-7,9H2,1H3,(H,13,15). The topological polar surface area (TPSA) is 41.6 Å². The van der Waals surface area contributed by atoms with Crippen molar-refractivity contribution < 1.29 is 9.53 Å². The van der Waals surface area contributed by atoms with Crippen LogP contribution in [-0.2, 0) is 6.54 Å². The number of ether oxygens (including phenoxy) is 1. The van der Waals surface area contributed by atoms with E-state index in [1.165, 1.54) is 0 Å². The minimum absolute atomic E-state index is 0.0156. The number of benzene rings is 1. The molecule has 1 heterocycles. The number of urea groups is 1. The van der Waals surface area contributed by atoms with E-state index < -0.39 is 0 Å². The van der Waals surface area contributed by atoms with Crippen molar-refractivity contribution in [1.29, 1.82) is 0 Å². The third kappa shape index (κ3) is 2.45. The van der Waals surface area contributed by atoms with Gasteiger partial charge >= 0.3 is 6.03 Å². The molecule has 1 aliphatic rings. The molecule has 4 nitrogen and oxygen atoms in total. The van der Waals surface area contributed by atoms with Crippen molar-refractivity contribution in [3.63, 3.8) is 0 Å². The number of nitrogens with zero attached hydrogens (tertiary/aromatic N) is 1. The van der Waals surface area contributed by atoms with Gasteiger partial charge in [-0.05, 0) is 24.6 Å². The zero-order valence-corrected chi connectivity index (χ0v) is 9.40. The molecule has 0 radical (unpaired) electrons. The van der Waals surface area contributed by atoms with Gasteiger partial charge in [0.2, 0.25) is 0 Å². The zero-order valence-electron chi connectivity index (χ0n) is 9.40. The first-order valence-corrected chi connectivity index (χ1v) is 5.54. The van der Waals surface area contributed by atoms with Crippen molar-refractivity contribution >= 4 is 6.03 Å². The fourth-order valence-corrected chi connectivity index (χ4v) is 1.78. The molecule has 86 valence electrons. The summed E-state index contributed by atoms with van der Waals surface area (Å²) in [7, 11) is 0. The molecule has 0 bridgehead atoms. The van der Waals surface area contributed by atoms with Crippen LogP contribution in [0, 0.1) is 0 Å². The van der Waals surface area contributed by atoms with E-state index in [-0.39, 0.29) is 6.03 Å². The second-order valence-corrected chi connectivity index (χ2v) is 3.73. The molecular weight excluding hydrogens is 204 g/mol. The highest BCUT2D eigenvalue weighted by molar-refractivity contribution is 5.76. The lowest BCUT2D eigenvalue weighted by atomic mass is 10.2. The summed E-state index contributed by atoms with van der Waals surface area (Å²) in [5.41, 5.74) is 1.10. The molecule has 0 aromatic heterocycles. The Labute approximate surface area is 95.2 Å². The first kappa shape index (κ1) is 10.8. The number of carbonyl (C=O) groups excluding carboxylic acids is 1. The first-order chi connectivity index (χ1) is 7.79. The van der Waals surface area contributed by atoms with E-state index in [1.54, 1.807) is 4.90 Å². The second-order valence-electron chi connectivity index (χ2n) is 3.73. The molecule has 1 fully saturated rings. The lowest BCUT2D eigenvalue weighted by molar-refractivity contribution is 0.215. The van der Waals surface area contributed by atoms with E-state index >= 15 is 0 Å². The van der Waals surface area contributed by atoms with E-state index in [0.717, 1.165) is 24.4 Å². The van der Waals surface area contributed by atoms with E-state index in [9.17, 15) is 4.79 Å². The lowest BCUT2D eigenvalue weighted by Crippen LogP contribution is -2.27. The van der Waals surface area contributed by atoms with Crippen LogP contribution in [0.3, 0.4) is 0 Å². The maximum atomic E-state index is 11.4. The Balaban J connectivity index is 2.03. The van der Waals surface area contributed by atoms with Gasteiger partial charge in [0.15, 0.2) is 0 Å². The summed E-state index contributed by atoms with van der Waals surface area (Å²) in [6.07, 6.45) is 0. The monoisotopic (exact) mass is 220 g/mol. The van der Waals surface area contributed by atoms with Crippen molar-refractivity contribution in [2.45, 2.75) is 13.5 Å². The average molecular weight is 220 g/mol. The molecule has 1 aromatic carbocycles. The molecule has 16 heavy (non-hydrogen) atoms. The minimum atomic E-state index is 0.0156. The van der Waals surface area contributed by atoms with Gasteiger partial charge in [-0.25, -0.2) is 4.79 Å². The lowest BCUT2D eigenvalue weighted by Gasteiger charge is -2.14. The molecule has 1 N–H and O–H groups in total. The van der Waals surface area contributed by atoms with Crippen LogP contribution < -0.4 is 10.1 Å². The number of amides is 2. The Morgan fingerprint density at radius 1 is 1.50 bits per heavy atom.